The van der Waals surface area contributed by atoms with Gasteiger partial charge >= 0.3 is 0 Å². The fourth-order valence-corrected chi connectivity index (χ4v) is 6.13. The molecule has 6 heteroatoms. The molecule has 0 unspecified atom stereocenters. The highest BCUT2D eigenvalue weighted by molar-refractivity contribution is 8.14. The first kappa shape index (κ1) is 18.9. The smallest absolute Gasteiger partial charge is 0.160 e. The first-order chi connectivity index (χ1) is 14.3. The quantitative estimate of drug-likeness (QED) is 0.694. The van der Waals surface area contributed by atoms with E-state index in [1.54, 1.807) is 24.0 Å². The van der Waals surface area contributed by atoms with Crippen molar-refractivity contribution in [2.75, 3.05) is 23.7 Å². The van der Waals surface area contributed by atoms with Crippen LogP contribution in [0.4, 0.5) is 10.1 Å². The van der Waals surface area contributed by atoms with Gasteiger partial charge in [-0.3, -0.25) is 9.98 Å². The normalized spacial score (nSPS) is 26.6. The number of hydrogen-bond acceptors (Lipinski definition) is 5. The van der Waals surface area contributed by atoms with E-state index in [9.17, 15) is 0 Å². The average Bonchev–Trinajstić information content (AvgIpc) is 3.34. The summed E-state index contributed by atoms with van der Waals surface area (Å²) in [5.41, 5.74) is 2.65. The Bertz CT molecular complexity index is 897. The van der Waals surface area contributed by atoms with Crippen LogP contribution < -0.4 is 4.90 Å². The van der Waals surface area contributed by atoms with Gasteiger partial charge in [0.2, 0.25) is 0 Å². The molecule has 0 spiro atoms. The molecule has 0 radical (unpaired) electrons. The van der Waals surface area contributed by atoms with Crippen LogP contribution in [-0.4, -0.2) is 39.9 Å². The van der Waals surface area contributed by atoms with Crippen molar-refractivity contribution in [1.29, 1.82) is 0 Å². The molecular weight excluding hydrogens is 383 g/mol. The fourth-order valence-electron chi connectivity index (χ4n) is 4.79. The summed E-state index contributed by atoms with van der Waals surface area (Å²) in [5, 5.41) is 1.04. The number of anilines is 1. The Hall–Kier alpha value is -2.08. The largest absolute Gasteiger partial charge is 0.371 e. The highest BCUT2D eigenvalue weighted by Crippen LogP contribution is 2.49. The molecule has 5 rings (SSSR count). The molecule has 3 atom stereocenters. The Morgan fingerprint density at radius 1 is 1.14 bits per heavy atom. The number of pyridine rings is 1. The van der Waals surface area contributed by atoms with Crippen molar-refractivity contribution in [3.63, 3.8) is 0 Å². The van der Waals surface area contributed by atoms with Crippen LogP contribution in [0.2, 0.25) is 0 Å². The van der Waals surface area contributed by atoms with Gasteiger partial charge in [0, 0.05) is 42.3 Å². The summed E-state index contributed by atoms with van der Waals surface area (Å²) in [6.45, 7) is 4.24. The summed E-state index contributed by atoms with van der Waals surface area (Å²) in [5.74, 6) is 0.899. The van der Waals surface area contributed by atoms with Crippen LogP contribution in [-0.2, 0) is 0 Å². The molecule has 2 fully saturated rings. The van der Waals surface area contributed by atoms with E-state index in [1.807, 2.05) is 24.3 Å². The summed E-state index contributed by atoms with van der Waals surface area (Å²) in [7, 11) is 0. The van der Waals surface area contributed by atoms with Crippen molar-refractivity contribution in [1.82, 2.24) is 9.88 Å². The zero-order valence-electron chi connectivity index (χ0n) is 16.8. The Morgan fingerprint density at radius 2 is 2.00 bits per heavy atom. The van der Waals surface area contributed by atoms with Gasteiger partial charge in [0.15, 0.2) is 5.17 Å². The Labute approximate surface area is 176 Å². The number of amidine groups is 1. The van der Waals surface area contributed by atoms with E-state index in [0.717, 1.165) is 47.4 Å². The predicted octanol–water partition coefficient (Wildman–Crippen LogP) is 5.19. The molecule has 4 heterocycles. The van der Waals surface area contributed by atoms with Crippen molar-refractivity contribution in [2.24, 2.45) is 4.99 Å². The van der Waals surface area contributed by atoms with E-state index in [-0.39, 0.29) is 17.9 Å². The maximum Gasteiger partial charge on any atom is 0.160 e. The molecule has 1 aromatic carbocycles. The number of piperidine rings is 1. The van der Waals surface area contributed by atoms with Crippen LogP contribution in [0.25, 0.3) is 0 Å². The van der Waals surface area contributed by atoms with Crippen LogP contribution in [0.1, 0.15) is 55.9 Å². The molecule has 0 saturated carbocycles. The van der Waals surface area contributed by atoms with E-state index in [4.69, 9.17) is 4.99 Å². The highest BCUT2D eigenvalue weighted by Gasteiger charge is 2.46. The van der Waals surface area contributed by atoms with Gasteiger partial charge in [-0.2, -0.15) is 0 Å². The number of thioether (sulfide) groups is 1. The highest BCUT2D eigenvalue weighted by atomic mass is 32.2. The van der Waals surface area contributed by atoms with Crippen LogP contribution in [0.3, 0.4) is 0 Å². The van der Waals surface area contributed by atoms with Crippen LogP contribution in [0.5, 0.6) is 0 Å². The second kappa shape index (κ2) is 7.98. The van der Waals surface area contributed by atoms with Gasteiger partial charge in [-0.1, -0.05) is 30.8 Å². The lowest BCUT2D eigenvalue weighted by Gasteiger charge is -2.33. The molecule has 0 amide bonds. The molecule has 0 aliphatic carbocycles. The lowest BCUT2D eigenvalue weighted by Crippen LogP contribution is -2.36. The number of halogens is 1. The molecular formula is C23H27FN4S. The third-order valence-corrected chi connectivity index (χ3v) is 7.48. The third kappa shape index (κ3) is 3.41. The fraction of sp³-hybridized carbons (Fsp3) is 0.478. The molecule has 2 aromatic rings. The molecule has 4 nitrogen and oxygen atoms in total. The minimum absolute atomic E-state index is 0.123. The lowest BCUT2D eigenvalue weighted by atomic mass is 9.94. The number of rotatable bonds is 4. The van der Waals surface area contributed by atoms with Crippen molar-refractivity contribution >= 4 is 22.6 Å². The van der Waals surface area contributed by atoms with Crippen LogP contribution >= 0.6 is 11.8 Å². The summed E-state index contributed by atoms with van der Waals surface area (Å²) in [6, 6.07) is 11.8. The molecule has 3 aliphatic heterocycles. The number of aliphatic imine (C=N–C) groups is 1. The first-order valence-electron chi connectivity index (χ1n) is 10.7. The van der Waals surface area contributed by atoms with Gasteiger partial charge in [0.25, 0.3) is 0 Å². The standard InChI is InChI=1S/C23H27FN4S/c1-2-16-15-29-23-26-21(20-8-4-5-11-25-20)22(28(16)23)18-10-9-17(14-19(18)24)27-12-6-3-7-13-27/h4-5,8-11,14,16,21-22H,2-3,6-7,12-13,15H2,1H3/t16-,21+,22-/m1/s1. The first-order valence-corrected chi connectivity index (χ1v) is 11.7. The van der Waals surface area contributed by atoms with Crippen molar-refractivity contribution < 1.29 is 4.39 Å². The maximum absolute atomic E-state index is 15.5. The van der Waals surface area contributed by atoms with Gasteiger partial charge in [0.1, 0.15) is 11.9 Å². The Balaban J connectivity index is 1.52. The number of fused-ring (bicyclic) bond motifs is 1. The Kier molecular flexibility index (Phi) is 5.20. The van der Waals surface area contributed by atoms with E-state index < -0.39 is 0 Å². The summed E-state index contributed by atoms with van der Waals surface area (Å²) < 4.78 is 15.5. The number of nitrogens with zero attached hydrogens (tertiary/aromatic N) is 4. The van der Waals surface area contributed by atoms with Crippen LogP contribution in [0.15, 0.2) is 47.6 Å². The predicted molar refractivity (Wildman–Crippen MR) is 118 cm³/mol. The van der Waals surface area contributed by atoms with E-state index in [0.29, 0.717) is 6.04 Å². The minimum Gasteiger partial charge on any atom is -0.371 e. The van der Waals surface area contributed by atoms with Gasteiger partial charge in [0.05, 0.1) is 11.7 Å². The molecule has 2 saturated heterocycles. The number of benzene rings is 1. The topological polar surface area (TPSA) is 31.7 Å². The number of hydrogen-bond donors (Lipinski definition) is 0. The van der Waals surface area contributed by atoms with Gasteiger partial charge in [-0.05, 0) is 49.9 Å². The van der Waals surface area contributed by atoms with Gasteiger partial charge < -0.3 is 9.80 Å². The molecule has 0 bridgehead atoms. The second-order valence-electron chi connectivity index (χ2n) is 8.09. The molecule has 152 valence electrons. The maximum atomic E-state index is 15.5. The summed E-state index contributed by atoms with van der Waals surface area (Å²) in [4.78, 5) is 14.2. The lowest BCUT2D eigenvalue weighted by molar-refractivity contribution is 0.250. The van der Waals surface area contributed by atoms with Crippen LogP contribution in [0, 0.1) is 5.82 Å². The number of aromatic nitrogens is 1. The zero-order chi connectivity index (χ0) is 19.8. The zero-order valence-corrected chi connectivity index (χ0v) is 17.6. The van der Waals surface area contributed by atoms with E-state index in [2.05, 4.69) is 27.8 Å². The molecule has 3 aliphatic rings. The van der Waals surface area contributed by atoms with Crippen molar-refractivity contribution in [3.8, 4) is 0 Å². The van der Waals surface area contributed by atoms with E-state index in [1.165, 1.54) is 19.3 Å². The SMILES string of the molecule is CC[C@@H]1CSC2=N[C@@H](c3ccccn3)[C@@H](c3ccc(N4CCCCC4)cc3F)N21. The van der Waals surface area contributed by atoms with Gasteiger partial charge in [-0.15, -0.1) is 0 Å². The van der Waals surface area contributed by atoms with Crippen molar-refractivity contribution in [2.45, 2.75) is 50.7 Å². The van der Waals surface area contributed by atoms with E-state index >= 15 is 4.39 Å². The minimum atomic E-state index is -0.164. The second-order valence-corrected chi connectivity index (χ2v) is 9.08. The summed E-state index contributed by atoms with van der Waals surface area (Å²) in [6.07, 6.45) is 6.49. The third-order valence-electron chi connectivity index (χ3n) is 6.35. The molecule has 0 N–H and O–H groups in total. The molecule has 1 aromatic heterocycles. The average molecular weight is 411 g/mol. The monoisotopic (exact) mass is 410 g/mol. The molecule has 29 heavy (non-hydrogen) atoms. The Morgan fingerprint density at radius 3 is 2.72 bits per heavy atom. The summed E-state index contributed by atoms with van der Waals surface area (Å²) >= 11 is 1.79. The van der Waals surface area contributed by atoms with Crippen molar-refractivity contribution in [3.05, 3.63) is 59.7 Å². The van der Waals surface area contributed by atoms with Gasteiger partial charge in [-0.25, -0.2) is 4.39 Å².